The van der Waals surface area contributed by atoms with E-state index in [2.05, 4.69) is 27.4 Å². The van der Waals surface area contributed by atoms with Gasteiger partial charge in [-0.1, -0.05) is 12.5 Å². The highest BCUT2D eigenvalue weighted by atomic mass is 16.5. The summed E-state index contributed by atoms with van der Waals surface area (Å²) >= 11 is 0. The van der Waals surface area contributed by atoms with E-state index in [-0.39, 0.29) is 6.03 Å². The van der Waals surface area contributed by atoms with Gasteiger partial charge in [0, 0.05) is 37.9 Å². The largest absolute Gasteiger partial charge is 0.477 e. The first-order chi connectivity index (χ1) is 12.7. The number of pyridine rings is 1. The Balaban J connectivity index is 1.26. The van der Waals surface area contributed by atoms with E-state index < -0.39 is 0 Å². The molecule has 1 aromatic rings. The fourth-order valence-electron chi connectivity index (χ4n) is 3.31. The van der Waals surface area contributed by atoms with Crippen molar-refractivity contribution in [2.45, 2.75) is 58.0 Å². The second-order valence-corrected chi connectivity index (χ2v) is 7.60. The summed E-state index contributed by atoms with van der Waals surface area (Å²) < 4.78 is 5.62. The minimum absolute atomic E-state index is 0.120. The Morgan fingerprint density at radius 1 is 1.27 bits per heavy atom. The van der Waals surface area contributed by atoms with Gasteiger partial charge in [-0.05, 0) is 57.1 Å². The first-order valence-electron chi connectivity index (χ1n) is 10.0. The molecule has 1 aromatic heterocycles. The van der Waals surface area contributed by atoms with Gasteiger partial charge >= 0.3 is 6.03 Å². The molecule has 0 aromatic carbocycles. The summed E-state index contributed by atoms with van der Waals surface area (Å²) in [5.74, 6) is 1.39. The summed E-state index contributed by atoms with van der Waals surface area (Å²) in [5.41, 5.74) is 0.973. The third-order valence-corrected chi connectivity index (χ3v) is 5.26. The lowest BCUT2D eigenvalue weighted by atomic mass is 10.0. The molecule has 0 spiro atoms. The lowest BCUT2D eigenvalue weighted by Crippen LogP contribution is -2.40. The molecule has 1 atom stereocenters. The molecule has 144 valence electrons. The van der Waals surface area contributed by atoms with E-state index in [1.807, 2.05) is 12.1 Å². The first-order valence-corrected chi connectivity index (χ1v) is 10.0. The minimum atomic E-state index is -0.120. The molecule has 2 N–H and O–H groups in total. The number of carbonyl (C=O) groups excluding carboxylic acids is 1. The van der Waals surface area contributed by atoms with Crippen molar-refractivity contribution in [2.75, 3.05) is 26.2 Å². The third kappa shape index (κ3) is 6.48. The van der Waals surface area contributed by atoms with E-state index in [1.54, 1.807) is 6.20 Å². The van der Waals surface area contributed by atoms with Crippen LogP contribution in [0.15, 0.2) is 18.3 Å². The van der Waals surface area contributed by atoms with Crippen LogP contribution in [0, 0.1) is 5.92 Å². The van der Waals surface area contributed by atoms with Crippen LogP contribution in [-0.2, 0) is 6.54 Å². The molecule has 0 unspecified atom stereocenters. The van der Waals surface area contributed by atoms with Gasteiger partial charge < -0.3 is 20.3 Å². The molecule has 1 saturated carbocycles. The molecule has 2 fully saturated rings. The van der Waals surface area contributed by atoms with Gasteiger partial charge in [0.05, 0.1) is 6.61 Å². The standard InChI is InChI=1S/C20H32N4O2/c1-16-5-2-3-11-24(16)12-4-10-21-20(25)23-14-18-8-9-19(22-13-18)26-15-17-6-7-17/h8-9,13,16-17H,2-7,10-12,14-15H2,1H3,(H2,21,23,25)/t16-/m0/s1. The zero-order valence-corrected chi connectivity index (χ0v) is 15.9. The maximum atomic E-state index is 11.9. The number of aromatic nitrogens is 1. The van der Waals surface area contributed by atoms with Crippen LogP contribution in [0.1, 0.15) is 51.0 Å². The number of nitrogens with one attached hydrogen (secondary N) is 2. The zero-order chi connectivity index (χ0) is 18.2. The number of urea groups is 1. The smallest absolute Gasteiger partial charge is 0.315 e. The van der Waals surface area contributed by atoms with Crippen LogP contribution in [-0.4, -0.2) is 48.2 Å². The Hall–Kier alpha value is -1.82. The van der Waals surface area contributed by atoms with Crippen molar-refractivity contribution in [1.82, 2.24) is 20.5 Å². The van der Waals surface area contributed by atoms with Gasteiger partial charge in [0.15, 0.2) is 0 Å². The monoisotopic (exact) mass is 360 g/mol. The van der Waals surface area contributed by atoms with Crippen molar-refractivity contribution in [3.8, 4) is 5.88 Å². The van der Waals surface area contributed by atoms with Crippen molar-refractivity contribution < 1.29 is 9.53 Å². The summed E-state index contributed by atoms with van der Waals surface area (Å²) in [6, 6.07) is 4.39. The average Bonchev–Trinajstić information content (AvgIpc) is 3.48. The van der Waals surface area contributed by atoms with E-state index in [0.717, 1.165) is 31.1 Å². The van der Waals surface area contributed by atoms with Crippen molar-refractivity contribution in [2.24, 2.45) is 5.92 Å². The molecule has 6 nitrogen and oxygen atoms in total. The van der Waals surface area contributed by atoms with E-state index >= 15 is 0 Å². The number of piperidine rings is 1. The fraction of sp³-hybridized carbons (Fsp3) is 0.700. The molecule has 2 aliphatic rings. The van der Waals surface area contributed by atoms with Gasteiger partial charge in [-0.15, -0.1) is 0 Å². The maximum Gasteiger partial charge on any atom is 0.315 e. The number of rotatable bonds is 9. The predicted octanol–water partition coefficient (Wildman–Crippen LogP) is 2.93. The summed E-state index contributed by atoms with van der Waals surface area (Å²) in [6.45, 7) is 6.51. The highest BCUT2D eigenvalue weighted by Gasteiger charge is 2.22. The maximum absolute atomic E-state index is 11.9. The summed E-state index contributed by atoms with van der Waals surface area (Å²) in [5, 5.41) is 5.82. The second-order valence-electron chi connectivity index (χ2n) is 7.60. The Labute approximate surface area is 156 Å². The predicted molar refractivity (Wildman–Crippen MR) is 102 cm³/mol. The van der Waals surface area contributed by atoms with Gasteiger partial charge in [0.2, 0.25) is 5.88 Å². The fourth-order valence-corrected chi connectivity index (χ4v) is 3.31. The number of hydrogen-bond donors (Lipinski definition) is 2. The van der Waals surface area contributed by atoms with Crippen molar-refractivity contribution in [1.29, 1.82) is 0 Å². The van der Waals surface area contributed by atoms with Crippen molar-refractivity contribution in [3.63, 3.8) is 0 Å². The second kappa shape index (κ2) is 9.76. The van der Waals surface area contributed by atoms with Crippen LogP contribution >= 0.6 is 0 Å². The molecule has 26 heavy (non-hydrogen) atoms. The number of ether oxygens (including phenoxy) is 1. The zero-order valence-electron chi connectivity index (χ0n) is 15.9. The highest BCUT2D eigenvalue weighted by Crippen LogP contribution is 2.29. The Bertz CT molecular complexity index is 559. The topological polar surface area (TPSA) is 66.5 Å². The molecule has 2 amide bonds. The summed E-state index contributed by atoms with van der Waals surface area (Å²) in [4.78, 5) is 18.7. The first kappa shape index (κ1) is 19.0. The van der Waals surface area contributed by atoms with Crippen molar-refractivity contribution in [3.05, 3.63) is 23.9 Å². The van der Waals surface area contributed by atoms with Crippen LogP contribution in [0.4, 0.5) is 4.79 Å². The van der Waals surface area contributed by atoms with Gasteiger partial charge in [0.1, 0.15) is 0 Å². The van der Waals surface area contributed by atoms with E-state index in [1.165, 1.54) is 38.6 Å². The molecular formula is C20H32N4O2. The molecule has 6 heteroatoms. The molecule has 0 radical (unpaired) electrons. The minimum Gasteiger partial charge on any atom is -0.477 e. The molecular weight excluding hydrogens is 328 g/mol. The lowest BCUT2D eigenvalue weighted by molar-refractivity contribution is 0.159. The van der Waals surface area contributed by atoms with Gasteiger partial charge in [-0.2, -0.15) is 0 Å². The number of nitrogens with zero attached hydrogens (tertiary/aromatic N) is 2. The van der Waals surface area contributed by atoms with Crippen molar-refractivity contribution >= 4 is 6.03 Å². The van der Waals surface area contributed by atoms with Gasteiger partial charge in [-0.3, -0.25) is 0 Å². The molecule has 0 bridgehead atoms. The number of likely N-dealkylation sites (tertiary alicyclic amines) is 1. The number of amides is 2. The average molecular weight is 361 g/mol. The molecule has 2 heterocycles. The van der Waals surface area contributed by atoms with Crippen LogP contribution < -0.4 is 15.4 Å². The Kier molecular flexibility index (Phi) is 7.12. The molecule has 1 aliphatic heterocycles. The normalized spacial score (nSPS) is 20.6. The van der Waals surface area contributed by atoms with Crippen LogP contribution in [0.2, 0.25) is 0 Å². The Morgan fingerprint density at radius 2 is 2.15 bits per heavy atom. The number of carbonyl (C=O) groups is 1. The van der Waals surface area contributed by atoms with E-state index in [9.17, 15) is 4.79 Å². The van der Waals surface area contributed by atoms with Crippen LogP contribution in [0.25, 0.3) is 0 Å². The summed E-state index contributed by atoms with van der Waals surface area (Å²) in [6.07, 6.45) is 9.25. The third-order valence-electron chi connectivity index (χ3n) is 5.26. The Morgan fingerprint density at radius 3 is 2.88 bits per heavy atom. The van der Waals surface area contributed by atoms with E-state index in [0.29, 0.717) is 25.0 Å². The quantitative estimate of drug-likeness (QED) is 0.665. The van der Waals surface area contributed by atoms with Gasteiger partial charge in [-0.25, -0.2) is 9.78 Å². The van der Waals surface area contributed by atoms with Gasteiger partial charge in [0.25, 0.3) is 0 Å². The molecule has 3 rings (SSSR count). The summed E-state index contributed by atoms with van der Waals surface area (Å²) in [7, 11) is 0. The van der Waals surface area contributed by atoms with E-state index in [4.69, 9.17) is 4.74 Å². The lowest BCUT2D eigenvalue weighted by Gasteiger charge is -2.33. The van der Waals surface area contributed by atoms with Crippen LogP contribution in [0.5, 0.6) is 5.88 Å². The molecule has 1 saturated heterocycles. The van der Waals surface area contributed by atoms with Crippen LogP contribution in [0.3, 0.4) is 0 Å². The SMILES string of the molecule is C[C@H]1CCCCN1CCCNC(=O)NCc1ccc(OCC2CC2)nc1. The number of hydrogen-bond acceptors (Lipinski definition) is 4. The molecule has 1 aliphatic carbocycles. The highest BCUT2D eigenvalue weighted by molar-refractivity contribution is 5.73.